The molecule has 1 atom stereocenters. The maximum absolute atomic E-state index is 12.5. The molecule has 1 rings (SSSR count). The second-order valence-corrected chi connectivity index (χ2v) is 10.9. The molecule has 7 nitrogen and oxygen atoms in total. The van der Waals surface area contributed by atoms with Crippen LogP contribution in [-0.4, -0.2) is 35.2 Å². The van der Waals surface area contributed by atoms with Crippen molar-refractivity contribution in [3.8, 4) is 0 Å². The number of hydrogen-bond donors (Lipinski definition) is 3. The number of ether oxygens (including phenoxy) is 1. The van der Waals surface area contributed by atoms with Crippen molar-refractivity contribution in [1.82, 2.24) is 10.6 Å². The van der Waals surface area contributed by atoms with Crippen LogP contribution < -0.4 is 10.6 Å². The second-order valence-electron chi connectivity index (χ2n) is 10.9. The van der Waals surface area contributed by atoms with E-state index in [9.17, 15) is 19.5 Å². The lowest BCUT2D eigenvalue weighted by Gasteiger charge is -2.28. The van der Waals surface area contributed by atoms with Gasteiger partial charge in [0.2, 0.25) is 5.91 Å². The number of hydrogen-bond acceptors (Lipinski definition) is 4. The number of carboxylic acids is 1. The highest BCUT2D eigenvalue weighted by Gasteiger charge is 2.25. The Morgan fingerprint density at radius 1 is 0.903 bits per heavy atom. The van der Waals surface area contributed by atoms with E-state index in [4.69, 9.17) is 4.74 Å². The zero-order valence-electron chi connectivity index (χ0n) is 20.3. The molecule has 0 bridgehead atoms. The summed E-state index contributed by atoms with van der Waals surface area (Å²) >= 11 is 0. The third-order valence-corrected chi connectivity index (χ3v) is 4.60. The number of amides is 2. The SMILES string of the molecule is CC(C)(C)OC(=O)NCC(=O)NC(CC(=O)O)c1cc(C(C)(C)C)cc(C(C)(C)C)c1. The van der Waals surface area contributed by atoms with Crippen LogP contribution in [0.3, 0.4) is 0 Å². The van der Waals surface area contributed by atoms with Crippen LogP contribution in [0.2, 0.25) is 0 Å². The van der Waals surface area contributed by atoms with Crippen LogP contribution in [0, 0.1) is 0 Å². The van der Waals surface area contributed by atoms with Gasteiger partial charge in [-0.3, -0.25) is 9.59 Å². The highest BCUT2D eigenvalue weighted by atomic mass is 16.6. The van der Waals surface area contributed by atoms with Gasteiger partial charge in [0.15, 0.2) is 0 Å². The molecule has 1 unspecified atom stereocenters. The zero-order chi connectivity index (χ0) is 24.2. The van der Waals surface area contributed by atoms with Gasteiger partial charge < -0.3 is 20.5 Å². The summed E-state index contributed by atoms with van der Waals surface area (Å²) in [6, 6.07) is 5.30. The zero-order valence-corrected chi connectivity index (χ0v) is 20.3. The average molecular weight is 435 g/mol. The Balaban J connectivity index is 3.15. The van der Waals surface area contributed by atoms with Crippen LogP contribution in [0.5, 0.6) is 0 Å². The monoisotopic (exact) mass is 434 g/mol. The first-order valence-corrected chi connectivity index (χ1v) is 10.5. The van der Waals surface area contributed by atoms with Gasteiger partial charge in [0, 0.05) is 0 Å². The van der Waals surface area contributed by atoms with Crippen molar-refractivity contribution in [2.24, 2.45) is 0 Å². The van der Waals surface area contributed by atoms with E-state index < -0.39 is 29.6 Å². The van der Waals surface area contributed by atoms with Crippen molar-refractivity contribution in [3.05, 3.63) is 34.9 Å². The van der Waals surface area contributed by atoms with E-state index in [-0.39, 0.29) is 23.8 Å². The van der Waals surface area contributed by atoms with Crippen LogP contribution in [-0.2, 0) is 25.2 Å². The minimum Gasteiger partial charge on any atom is -0.481 e. The lowest BCUT2D eigenvalue weighted by molar-refractivity contribution is -0.137. The van der Waals surface area contributed by atoms with Crippen LogP contribution in [0.4, 0.5) is 4.79 Å². The van der Waals surface area contributed by atoms with Gasteiger partial charge >= 0.3 is 12.1 Å². The highest BCUT2D eigenvalue weighted by molar-refractivity contribution is 5.83. The van der Waals surface area contributed by atoms with Crippen molar-refractivity contribution in [2.45, 2.75) is 91.2 Å². The lowest BCUT2D eigenvalue weighted by Crippen LogP contribution is -2.41. The predicted molar refractivity (Wildman–Crippen MR) is 121 cm³/mol. The Morgan fingerprint density at radius 3 is 1.77 bits per heavy atom. The van der Waals surface area contributed by atoms with Crippen molar-refractivity contribution < 1.29 is 24.2 Å². The predicted octanol–water partition coefficient (Wildman–Crippen LogP) is 4.44. The van der Waals surface area contributed by atoms with Crippen LogP contribution in [0.25, 0.3) is 0 Å². The molecule has 0 aliphatic heterocycles. The van der Waals surface area contributed by atoms with Crippen LogP contribution in [0.15, 0.2) is 18.2 Å². The van der Waals surface area contributed by atoms with Crippen LogP contribution >= 0.6 is 0 Å². The summed E-state index contributed by atoms with van der Waals surface area (Å²) in [6.45, 7) is 17.4. The van der Waals surface area contributed by atoms with E-state index in [0.717, 1.165) is 16.7 Å². The topological polar surface area (TPSA) is 105 Å². The lowest BCUT2D eigenvalue weighted by atomic mass is 9.78. The Kier molecular flexibility index (Phi) is 8.29. The van der Waals surface area contributed by atoms with Crippen molar-refractivity contribution in [1.29, 1.82) is 0 Å². The molecular weight excluding hydrogens is 396 g/mol. The molecule has 0 aliphatic carbocycles. The Bertz CT molecular complexity index is 778. The number of aliphatic carboxylic acids is 1. The van der Waals surface area contributed by atoms with Gasteiger partial charge in [-0.15, -0.1) is 0 Å². The van der Waals surface area contributed by atoms with E-state index in [1.165, 1.54) is 0 Å². The molecule has 0 heterocycles. The standard InChI is InChI=1S/C24H38N2O5/c1-22(2,3)16-10-15(11-17(12-16)23(4,5)6)18(13-20(28)29)26-19(27)14-25-21(30)31-24(7,8)9/h10-12,18H,13-14H2,1-9H3,(H,25,30)(H,26,27)(H,28,29). The average Bonchev–Trinajstić information content (AvgIpc) is 2.55. The first-order chi connectivity index (χ1) is 13.9. The van der Waals surface area contributed by atoms with E-state index in [2.05, 4.69) is 58.2 Å². The summed E-state index contributed by atoms with van der Waals surface area (Å²) in [5.74, 6) is -1.51. The molecule has 0 spiro atoms. The summed E-state index contributed by atoms with van der Waals surface area (Å²) in [5.41, 5.74) is 1.88. The maximum Gasteiger partial charge on any atom is 0.408 e. The van der Waals surface area contributed by atoms with E-state index in [0.29, 0.717) is 0 Å². The molecule has 1 aromatic rings. The highest BCUT2D eigenvalue weighted by Crippen LogP contribution is 2.32. The summed E-state index contributed by atoms with van der Waals surface area (Å²) in [4.78, 5) is 35.8. The Labute approximate surface area is 185 Å². The molecule has 0 fully saturated rings. The summed E-state index contributed by atoms with van der Waals surface area (Å²) in [6.07, 6.45) is -0.975. The summed E-state index contributed by atoms with van der Waals surface area (Å²) in [5, 5.41) is 14.6. The molecule has 0 radical (unpaired) electrons. The van der Waals surface area contributed by atoms with Gasteiger partial charge in [0.05, 0.1) is 12.5 Å². The molecule has 7 heteroatoms. The van der Waals surface area contributed by atoms with Crippen LogP contribution in [0.1, 0.15) is 91.5 Å². The molecular formula is C24H38N2O5. The third kappa shape index (κ3) is 9.40. The molecule has 1 aromatic carbocycles. The minimum absolute atomic E-state index is 0.147. The molecule has 0 aromatic heterocycles. The molecule has 31 heavy (non-hydrogen) atoms. The second kappa shape index (κ2) is 9.71. The molecule has 0 saturated carbocycles. The quantitative estimate of drug-likeness (QED) is 0.614. The maximum atomic E-state index is 12.5. The van der Waals surface area contributed by atoms with Gasteiger partial charge in [-0.05, 0) is 48.3 Å². The molecule has 0 aliphatic rings. The summed E-state index contributed by atoms with van der Waals surface area (Å²) < 4.78 is 5.12. The summed E-state index contributed by atoms with van der Waals surface area (Å²) in [7, 11) is 0. The van der Waals surface area contributed by atoms with Gasteiger partial charge in [-0.2, -0.15) is 0 Å². The van der Waals surface area contributed by atoms with E-state index in [1.54, 1.807) is 20.8 Å². The van der Waals surface area contributed by atoms with E-state index in [1.807, 2.05) is 12.1 Å². The van der Waals surface area contributed by atoms with E-state index >= 15 is 0 Å². The Morgan fingerprint density at radius 2 is 1.39 bits per heavy atom. The minimum atomic E-state index is -1.02. The van der Waals surface area contributed by atoms with Crippen molar-refractivity contribution >= 4 is 18.0 Å². The third-order valence-electron chi connectivity index (χ3n) is 4.60. The number of carbonyl (C=O) groups excluding carboxylic acids is 2. The van der Waals surface area contributed by atoms with Gasteiger partial charge in [-0.25, -0.2) is 4.79 Å². The Hall–Kier alpha value is -2.57. The largest absolute Gasteiger partial charge is 0.481 e. The number of benzene rings is 1. The number of rotatable bonds is 6. The fourth-order valence-corrected chi connectivity index (χ4v) is 2.86. The van der Waals surface area contributed by atoms with Gasteiger partial charge in [-0.1, -0.05) is 59.7 Å². The smallest absolute Gasteiger partial charge is 0.408 e. The number of nitrogens with one attached hydrogen (secondary N) is 2. The first kappa shape index (κ1) is 26.5. The van der Waals surface area contributed by atoms with Crippen molar-refractivity contribution in [2.75, 3.05) is 6.54 Å². The number of carboxylic acid groups (broad SMARTS) is 1. The molecule has 2 amide bonds. The first-order valence-electron chi connectivity index (χ1n) is 10.5. The number of carbonyl (C=O) groups is 3. The molecule has 0 saturated heterocycles. The fraction of sp³-hybridized carbons (Fsp3) is 0.625. The van der Waals surface area contributed by atoms with Gasteiger partial charge in [0.25, 0.3) is 0 Å². The fourth-order valence-electron chi connectivity index (χ4n) is 2.86. The number of alkyl carbamates (subject to hydrolysis) is 1. The molecule has 3 N–H and O–H groups in total. The van der Waals surface area contributed by atoms with Gasteiger partial charge in [0.1, 0.15) is 12.1 Å². The molecule has 174 valence electrons. The van der Waals surface area contributed by atoms with Crippen molar-refractivity contribution in [3.63, 3.8) is 0 Å². The normalized spacial score (nSPS) is 13.3.